The number of hydrogen-bond donors (Lipinski definition) is 1. The monoisotopic (exact) mass is 167 g/mol. The van der Waals surface area contributed by atoms with E-state index in [0.29, 0.717) is 0 Å². The van der Waals surface area contributed by atoms with Gasteiger partial charge in [0.15, 0.2) is 0 Å². The number of thiocyanates is 1. The maximum absolute atomic E-state index is 8.27. The fourth-order valence-electron chi connectivity index (χ4n) is 0.793. The standard InChI is InChI=1S/C5H9N3S.Na.H/c6-5-9-8-3-1-7-2-4-8;;/h7H,1-4H2;;. The summed E-state index contributed by atoms with van der Waals surface area (Å²) in [4.78, 5) is 0. The van der Waals surface area contributed by atoms with Gasteiger partial charge in [0.1, 0.15) is 5.40 Å². The van der Waals surface area contributed by atoms with Crippen LogP contribution in [-0.2, 0) is 0 Å². The third-order valence-corrected chi connectivity index (χ3v) is 1.95. The van der Waals surface area contributed by atoms with Crippen molar-refractivity contribution >= 4 is 41.5 Å². The minimum absolute atomic E-state index is 0. The van der Waals surface area contributed by atoms with Gasteiger partial charge in [-0.1, -0.05) is 0 Å². The Bertz CT molecular complexity index is 119. The molecule has 0 atom stereocenters. The number of rotatable bonds is 1. The molecular formula is C5H10N3NaS. The van der Waals surface area contributed by atoms with Crippen LogP contribution >= 0.6 is 11.9 Å². The molecule has 0 aromatic heterocycles. The molecule has 10 heavy (non-hydrogen) atoms. The van der Waals surface area contributed by atoms with Crippen molar-refractivity contribution in [1.82, 2.24) is 9.62 Å². The second-order valence-corrected chi connectivity index (χ2v) is 2.74. The van der Waals surface area contributed by atoms with E-state index in [-0.39, 0.29) is 29.6 Å². The van der Waals surface area contributed by atoms with Gasteiger partial charge in [0, 0.05) is 38.1 Å². The van der Waals surface area contributed by atoms with Crippen molar-refractivity contribution in [3.8, 4) is 5.40 Å². The predicted octanol–water partition coefficient (Wildman–Crippen LogP) is -0.628. The molecule has 0 spiro atoms. The molecular weight excluding hydrogens is 157 g/mol. The predicted molar refractivity (Wildman–Crippen MR) is 44.8 cm³/mol. The van der Waals surface area contributed by atoms with Gasteiger partial charge in [-0.15, -0.1) is 0 Å². The Morgan fingerprint density at radius 2 is 2.00 bits per heavy atom. The van der Waals surface area contributed by atoms with E-state index in [0.717, 1.165) is 26.2 Å². The third kappa shape index (κ3) is 3.81. The van der Waals surface area contributed by atoms with Crippen LogP contribution in [-0.4, -0.2) is 60.0 Å². The van der Waals surface area contributed by atoms with Crippen molar-refractivity contribution in [3.63, 3.8) is 0 Å². The van der Waals surface area contributed by atoms with Gasteiger partial charge in [-0.25, -0.2) is 4.31 Å². The van der Waals surface area contributed by atoms with Crippen molar-refractivity contribution in [2.45, 2.75) is 0 Å². The zero-order valence-corrected chi connectivity index (χ0v) is 5.95. The van der Waals surface area contributed by atoms with Crippen molar-refractivity contribution in [3.05, 3.63) is 0 Å². The van der Waals surface area contributed by atoms with Gasteiger partial charge in [-0.05, 0) is 0 Å². The summed E-state index contributed by atoms with van der Waals surface area (Å²) >= 11 is 1.25. The first-order valence-electron chi connectivity index (χ1n) is 2.95. The molecule has 1 N–H and O–H groups in total. The molecule has 52 valence electrons. The number of nitrogens with zero attached hydrogens (tertiary/aromatic N) is 2. The second kappa shape index (κ2) is 6.47. The summed E-state index contributed by atoms with van der Waals surface area (Å²) in [6.07, 6.45) is 0. The third-order valence-electron chi connectivity index (χ3n) is 1.25. The van der Waals surface area contributed by atoms with E-state index >= 15 is 0 Å². The van der Waals surface area contributed by atoms with Gasteiger partial charge in [0.05, 0.1) is 0 Å². The number of nitrogens with one attached hydrogen (secondary N) is 1. The number of hydrogen-bond acceptors (Lipinski definition) is 4. The first kappa shape index (κ1) is 10.8. The first-order chi connectivity index (χ1) is 4.43. The van der Waals surface area contributed by atoms with Gasteiger partial charge in [-0.2, -0.15) is 5.26 Å². The Kier molecular flexibility index (Phi) is 6.96. The van der Waals surface area contributed by atoms with Crippen LogP contribution in [0.1, 0.15) is 0 Å². The molecule has 1 saturated heterocycles. The van der Waals surface area contributed by atoms with E-state index in [1.165, 1.54) is 11.9 Å². The van der Waals surface area contributed by atoms with Crippen LogP contribution in [0.3, 0.4) is 0 Å². The zero-order chi connectivity index (χ0) is 6.53. The van der Waals surface area contributed by atoms with Crippen molar-refractivity contribution in [2.75, 3.05) is 26.2 Å². The molecule has 0 aromatic carbocycles. The molecule has 0 radical (unpaired) electrons. The van der Waals surface area contributed by atoms with Crippen LogP contribution in [0.5, 0.6) is 0 Å². The molecule has 1 aliphatic rings. The summed E-state index contributed by atoms with van der Waals surface area (Å²) in [7, 11) is 0. The SMILES string of the molecule is N#CSN1CCNCC1.[NaH]. The summed E-state index contributed by atoms with van der Waals surface area (Å²) in [5.74, 6) is 0. The van der Waals surface area contributed by atoms with Gasteiger partial charge >= 0.3 is 29.6 Å². The van der Waals surface area contributed by atoms with Gasteiger partial charge < -0.3 is 5.32 Å². The molecule has 1 rings (SSSR count). The molecule has 3 nitrogen and oxygen atoms in total. The van der Waals surface area contributed by atoms with Gasteiger partial charge in [0.25, 0.3) is 0 Å². The summed E-state index contributed by atoms with van der Waals surface area (Å²) in [5.41, 5.74) is 0. The van der Waals surface area contributed by atoms with E-state index in [2.05, 4.69) is 15.0 Å². The molecule has 0 aromatic rings. The summed E-state index contributed by atoms with van der Waals surface area (Å²) in [5, 5.41) is 13.5. The molecule has 0 amide bonds. The molecule has 1 aliphatic heterocycles. The van der Waals surface area contributed by atoms with E-state index in [1.54, 1.807) is 0 Å². The fourth-order valence-corrected chi connectivity index (χ4v) is 1.27. The average molecular weight is 167 g/mol. The van der Waals surface area contributed by atoms with Crippen LogP contribution in [0.15, 0.2) is 0 Å². The van der Waals surface area contributed by atoms with E-state index < -0.39 is 0 Å². The number of piperazine rings is 1. The molecule has 0 aliphatic carbocycles. The van der Waals surface area contributed by atoms with Crippen LogP contribution in [0.2, 0.25) is 0 Å². The van der Waals surface area contributed by atoms with E-state index in [9.17, 15) is 0 Å². The molecule has 0 bridgehead atoms. The normalized spacial score (nSPS) is 19.1. The summed E-state index contributed by atoms with van der Waals surface area (Å²) in [6, 6.07) is 0. The topological polar surface area (TPSA) is 39.1 Å². The Hall–Kier alpha value is 0.760. The van der Waals surface area contributed by atoms with E-state index in [1.807, 2.05) is 0 Å². The molecule has 0 saturated carbocycles. The molecule has 1 heterocycles. The average Bonchev–Trinajstić information content (AvgIpc) is 1.91. The maximum atomic E-state index is 8.27. The molecule has 5 heteroatoms. The Labute approximate surface area is 87.6 Å². The summed E-state index contributed by atoms with van der Waals surface area (Å²) in [6.45, 7) is 3.99. The van der Waals surface area contributed by atoms with Gasteiger partial charge in [-0.3, -0.25) is 0 Å². The zero-order valence-electron chi connectivity index (χ0n) is 5.13. The second-order valence-electron chi connectivity index (χ2n) is 1.86. The molecule has 0 unspecified atom stereocenters. The minimum atomic E-state index is 0. The Balaban J connectivity index is 0.000000810. The number of nitriles is 1. The van der Waals surface area contributed by atoms with Crippen molar-refractivity contribution in [2.24, 2.45) is 0 Å². The van der Waals surface area contributed by atoms with Gasteiger partial charge in [0.2, 0.25) is 0 Å². The van der Waals surface area contributed by atoms with Crippen LogP contribution in [0, 0.1) is 10.7 Å². The van der Waals surface area contributed by atoms with Crippen LogP contribution in [0.25, 0.3) is 0 Å². The van der Waals surface area contributed by atoms with Crippen molar-refractivity contribution in [1.29, 1.82) is 5.26 Å². The Morgan fingerprint density at radius 3 is 2.50 bits per heavy atom. The molecule has 1 fully saturated rings. The Morgan fingerprint density at radius 1 is 1.40 bits per heavy atom. The van der Waals surface area contributed by atoms with E-state index in [4.69, 9.17) is 5.26 Å². The fraction of sp³-hybridized carbons (Fsp3) is 0.800. The quantitative estimate of drug-likeness (QED) is 0.321. The van der Waals surface area contributed by atoms with Crippen LogP contribution < -0.4 is 5.32 Å². The first-order valence-corrected chi connectivity index (χ1v) is 3.72. The van der Waals surface area contributed by atoms with Crippen molar-refractivity contribution < 1.29 is 0 Å². The van der Waals surface area contributed by atoms with Crippen LogP contribution in [0.4, 0.5) is 0 Å². The summed E-state index contributed by atoms with van der Waals surface area (Å²) < 4.78 is 2.07.